The molecule has 1 amide bonds. The fraction of sp³-hybridized carbons (Fsp3) is 0.562. The van der Waals surface area contributed by atoms with E-state index in [0.717, 1.165) is 42.8 Å². The fourth-order valence-electron chi connectivity index (χ4n) is 2.06. The highest BCUT2D eigenvalue weighted by Gasteiger charge is 2.26. The molecule has 0 radical (unpaired) electrons. The Balaban J connectivity index is 2.04. The Morgan fingerprint density at radius 2 is 2.20 bits per heavy atom. The van der Waals surface area contributed by atoms with Gasteiger partial charge in [-0.15, -0.1) is 0 Å². The molecule has 4 nitrogen and oxygen atoms in total. The summed E-state index contributed by atoms with van der Waals surface area (Å²) in [6.07, 6.45) is 1.72. The zero-order valence-electron chi connectivity index (χ0n) is 12.5. The summed E-state index contributed by atoms with van der Waals surface area (Å²) in [6, 6.07) is 6.43. The molecule has 1 aromatic rings. The molecule has 0 heterocycles. The molecule has 2 rings (SSSR count). The van der Waals surface area contributed by atoms with Crippen molar-refractivity contribution in [3.05, 3.63) is 29.3 Å². The SMILES string of the molecule is CCNCc1cccc(C)c1OC(C)C(=O)NC1CC1. The lowest BCUT2D eigenvalue weighted by Gasteiger charge is -2.19. The van der Waals surface area contributed by atoms with E-state index >= 15 is 0 Å². The average Bonchev–Trinajstić information content (AvgIpc) is 3.23. The molecule has 1 aliphatic rings. The lowest BCUT2D eigenvalue weighted by molar-refractivity contribution is -0.127. The van der Waals surface area contributed by atoms with Crippen molar-refractivity contribution in [2.24, 2.45) is 0 Å². The van der Waals surface area contributed by atoms with Gasteiger partial charge in [0.1, 0.15) is 5.75 Å². The molecule has 4 heteroatoms. The minimum atomic E-state index is -0.461. The molecule has 1 aliphatic carbocycles. The zero-order chi connectivity index (χ0) is 14.5. The monoisotopic (exact) mass is 276 g/mol. The van der Waals surface area contributed by atoms with E-state index in [4.69, 9.17) is 4.74 Å². The number of hydrogen-bond acceptors (Lipinski definition) is 3. The van der Waals surface area contributed by atoms with Gasteiger partial charge < -0.3 is 15.4 Å². The van der Waals surface area contributed by atoms with Gasteiger partial charge in [0.15, 0.2) is 6.10 Å². The average molecular weight is 276 g/mol. The number of rotatable bonds is 7. The summed E-state index contributed by atoms with van der Waals surface area (Å²) in [4.78, 5) is 12.0. The number of carbonyl (C=O) groups excluding carboxylic acids is 1. The van der Waals surface area contributed by atoms with Gasteiger partial charge in [-0.3, -0.25) is 4.79 Å². The third-order valence-corrected chi connectivity index (χ3v) is 3.45. The van der Waals surface area contributed by atoms with E-state index in [2.05, 4.69) is 17.6 Å². The van der Waals surface area contributed by atoms with Crippen LogP contribution < -0.4 is 15.4 Å². The van der Waals surface area contributed by atoms with Crippen LogP contribution in [0, 0.1) is 6.92 Å². The second-order valence-electron chi connectivity index (χ2n) is 5.39. The molecule has 0 aliphatic heterocycles. The minimum absolute atomic E-state index is 0.0230. The predicted octanol–water partition coefficient (Wildman–Crippen LogP) is 2.15. The second-order valence-corrected chi connectivity index (χ2v) is 5.39. The summed E-state index contributed by atoms with van der Waals surface area (Å²) in [5.41, 5.74) is 2.16. The Kier molecular flexibility index (Phi) is 5.01. The third-order valence-electron chi connectivity index (χ3n) is 3.45. The normalized spacial score (nSPS) is 15.8. The van der Waals surface area contributed by atoms with Crippen molar-refractivity contribution in [1.82, 2.24) is 10.6 Å². The molecule has 0 spiro atoms. The molecule has 0 bridgehead atoms. The van der Waals surface area contributed by atoms with Gasteiger partial charge in [0, 0.05) is 18.2 Å². The molecule has 1 atom stereocenters. The molecule has 0 saturated heterocycles. The lowest BCUT2D eigenvalue weighted by Crippen LogP contribution is -2.37. The maximum atomic E-state index is 12.0. The topological polar surface area (TPSA) is 50.4 Å². The van der Waals surface area contributed by atoms with Crippen LogP contribution in [0.2, 0.25) is 0 Å². The number of ether oxygens (including phenoxy) is 1. The minimum Gasteiger partial charge on any atom is -0.480 e. The molecule has 110 valence electrons. The van der Waals surface area contributed by atoms with Gasteiger partial charge in [-0.05, 0) is 38.8 Å². The molecule has 1 unspecified atom stereocenters. The smallest absolute Gasteiger partial charge is 0.260 e. The Labute approximate surface area is 120 Å². The first kappa shape index (κ1) is 14.9. The zero-order valence-corrected chi connectivity index (χ0v) is 12.5. The van der Waals surface area contributed by atoms with Gasteiger partial charge in [-0.25, -0.2) is 0 Å². The summed E-state index contributed by atoms with van der Waals surface area (Å²) in [5.74, 6) is 0.803. The van der Waals surface area contributed by atoms with E-state index in [1.807, 2.05) is 25.1 Å². The van der Waals surface area contributed by atoms with Crippen molar-refractivity contribution in [2.75, 3.05) is 6.54 Å². The third kappa shape index (κ3) is 3.97. The van der Waals surface area contributed by atoms with Crippen molar-refractivity contribution >= 4 is 5.91 Å². The quantitative estimate of drug-likeness (QED) is 0.802. The van der Waals surface area contributed by atoms with Crippen LogP contribution in [0.1, 0.15) is 37.8 Å². The van der Waals surface area contributed by atoms with Crippen molar-refractivity contribution in [2.45, 2.75) is 52.3 Å². The summed E-state index contributed by atoms with van der Waals surface area (Å²) >= 11 is 0. The molecule has 1 fully saturated rings. The van der Waals surface area contributed by atoms with Crippen LogP contribution in [0.4, 0.5) is 0 Å². The van der Waals surface area contributed by atoms with Crippen molar-refractivity contribution < 1.29 is 9.53 Å². The van der Waals surface area contributed by atoms with Gasteiger partial charge in [-0.2, -0.15) is 0 Å². The van der Waals surface area contributed by atoms with Crippen LogP contribution in [0.15, 0.2) is 18.2 Å². The first-order valence-corrected chi connectivity index (χ1v) is 7.38. The number of aryl methyl sites for hydroxylation is 1. The number of hydrogen-bond donors (Lipinski definition) is 2. The van der Waals surface area contributed by atoms with E-state index in [1.165, 1.54) is 0 Å². The highest BCUT2D eigenvalue weighted by Crippen LogP contribution is 2.25. The van der Waals surface area contributed by atoms with Crippen LogP contribution in [0.5, 0.6) is 5.75 Å². The summed E-state index contributed by atoms with van der Waals surface area (Å²) < 4.78 is 5.91. The highest BCUT2D eigenvalue weighted by atomic mass is 16.5. The largest absolute Gasteiger partial charge is 0.480 e. The van der Waals surface area contributed by atoms with Crippen LogP contribution in [0.25, 0.3) is 0 Å². The maximum absolute atomic E-state index is 12.0. The predicted molar refractivity (Wildman–Crippen MR) is 79.8 cm³/mol. The second kappa shape index (κ2) is 6.75. The van der Waals surface area contributed by atoms with Crippen LogP contribution in [0.3, 0.4) is 0 Å². The number of nitrogens with one attached hydrogen (secondary N) is 2. The summed E-state index contributed by atoms with van der Waals surface area (Å²) in [7, 11) is 0. The van der Waals surface area contributed by atoms with Gasteiger partial charge in [0.05, 0.1) is 0 Å². The molecular weight excluding hydrogens is 252 g/mol. The molecule has 1 saturated carbocycles. The van der Waals surface area contributed by atoms with Gasteiger partial charge in [0.25, 0.3) is 5.91 Å². The highest BCUT2D eigenvalue weighted by molar-refractivity contribution is 5.81. The number of para-hydroxylation sites is 1. The van der Waals surface area contributed by atoms with Gasteiger partial charge in [-0.1, -0.05) is 25.1 Å². The van der Waals surface area contributed by atoms with Crippen LogP contribution in [-0.2, 0) is 11.3 Å². The number of benzene rings is 1. The van der Waals surface area contributed by atoms with Crippen LogP contribution >= 0.6 is 0 Å². The van der Waals surface area contributed by atoms with Crippen LogP contribution in [-0.4, -0.2) is 24.6 Å². The van der Waals surface area contributed by atoms with Crippen molar-refractivity contribution in [3.8, 4) is 5.75 Å². The molecule has 0 aromatic heterocycles. The van der Waals surface area contributed by atoms with E-state index in [0.29, 0.717) is 6.04 Å². The Morgan fingerprint density at radius 1 is 1.45 bits per heavy atom. The van der Waals surface area contributed by atoms with Gasteiger partial charge in [0.2, 0.25) is 0 Å². The Morgan fingerprint density at radius 3 is 2.85 bits per heavy atom. The molecule has 20 heavy (non-hydrogen) atoms. The summed E-state index contributed by atoms with van der Waals surface area (Å²) in [5, 5.41) is 6.27. The first-order chi connectivity index (χ1) is 9.61. The standard InChI is InChI=1S/C16H24N2O2/c1-4-17-10-13-7-5-6-11(2)15(13)20-12(3)16(19)18-14-8-9-14/h5-7,12,14,17H,4,8-10H2,1-3H3,(H,18,19). The maximum Gasteiger partial charge on any atom is 0.260 e. The summed E-state index contributed by atoms with van der Waals surface area (Å²) in [6.45, 7) is 7.55. The van der Waals surface area contributed by atoms with Gasteiger partial charge >= 0.3 is 0 Å². The number of amides is 1. The van der Waals surface area contributed by atoms with E-state index in [-0.39, 0.29) is 5.91 Å². The first-order valence-electron chi connectivity index (χ1n) is 7.38. The van der Waals surface area contributed by atoms with E-state index in [9.17, 15) is 4.79 Å². The molecular formula is C16H24N2O2. The Hall–Kier alpha value is -1.55. The molecule has 2 N–H and O–H groups in total. The van der Waals surface area contributed by atoms with Crippen molar-refractivity contribution in [1.29, 1.82) is 0 Å². The molecule has 1 aromatic carbocycles. The number of carbonyl (C=O) groups is 1. The van der Waals surface area contributed by atoms with Crippen molar-refractivity contribution in [3.63, 3.8) is 0 Å². The van der Waals surface area contributed by atoms with E-state index in [1.54, 1.807) is 6.92 Å². The lowest BCUT2D eigenvalue weighted by atomic mass is 10.1. The fourth-order valence-corrected chi connectivity index (χ4v) is 2.06. The van der Waals surface area contributed by atoms with E-state index < -0.39 is 6.10 Å². The Bertz CT molecular complexity index is 470.